The molecule has 1 aromatic carbocycles. The zero-order valence-corrected chi connectivity index (χ0v) is 20.1. The maximum Gasteiger partial charge on any atom is 0.321 e. The monoisotopic (exact) mass is 479 g/mol. The van der Waals surface area contributed by atoms with E-state index in [0.717, 1.165) is 42.9 Å². The first-order valence-electron chi connectivity index (χ1n) is 11.9. The van der Waals surface area contributed by atoms with Gasteiger partial charge >= 0.3 is 6.03 Å². The predicted molar refractivity (Wildman–Crippen MR) is 130 cm³/mol. The summed E-state index contributed by atoms with van der Waals surface area (Å²) < 4.78 is 21.0. The maximum atomic E-state index is 13.1. The normalized spacial score (nSPS) is 18.5. The Morgan fingerprint density at radius 3 is 2.49 bits per heavy atom. The molecule has 0 spiro atoms. The summed E-state index contributed by atoms with van der Waals surface area (Å²) in [4.78, 5) is 28.8. The third-order valence-electron chi connectivity index (χ3n) is 6.62. The number of aryl methyl sites for hydroxylation is 1. The van der Waals surface area contributed by atoms with Crippen LogP contribution >= 0.6 is 0 Å². The number of hydrogen-bond donors (Lipinski definition) is 1. The lowest BCUT2D eigenvalue weighted by atomic mass is 10.1. The van der Waals surface area contributed by atoms with Crippen molar-refractivity contribution in [3.05, 3.63) is 58.7 Å². The zero-order chi connectivity index (χ0) is 24.9. The van der Waals surface area contributed by atoms with Crippen LogP contribution in [0.5, 0.6) is 0 Å². The third-order valence-corrected chi connectivity index (χ3v) is 6.62. The van der Waals surface area contributed by atoms with E-state index >= 15 is 0 Å². The molecule has 184 valence electrons. The van der Waals surface area contributed by atoms with Crippen molar-refractivity contribution in [2.45, 2.75) is 39.3 Å². The number of benzene rings is 1. The van der Waals surface area contributed by atoms with Crippen molar-refractivity contribution in [2.24, 2.45) is 0 Å². The van der Waals surface area contributed by atoms with Gasteiger partial charge in [-0.2, -0.15) is 5.26 Å². The van der Waals surface area contributed by atoms with Crippen LogP contribution in [0.3, 0.4) is 0 Å². The first-order chi connectivity index (χ1) is 16.9. The fourth-order valence-electron chi connectivity index (χ4n) is 4.56. The average Bonchev–Trinajstić information content (AvgIpc) is 3.47. The number of urea groups is 1. The number of carbonyl (C=O) groups is 2. The second kappa shape index (κ2) is 10.7. The molecule has 1 N–H and O–H groups in total. The fraction of sp³-hybridized carbons (Fsp3) is 0.423. The molecule has 0 saturated carbocycles. The van der Waals surface area contributed by atoms with E-state index in [9.17, 15) is 19.2 Å². The largest absolute Gasteiger partial charge is 0.376 e. The lowest BCUT2D eigenvalue weighted by Crippen LogP contribution is -2.51. The van der Waals surface area contributed by atoms with Crippen LogP contribution in [-0.4, -0.2) is 65.2 Å². The molecule has 1 atom stereocenters. The molecule has 3 heterocycles. The van der Waals surface area contributed by atoms with E-state index in [2.05, 4.69) is 16.0 Å². The summed E-state index contributed by atoms with van der Waals surface area (Å²) in [7, 11) is 0. The quantitative estimate of drug-likeness (QED) is 0.523. The zero-order valence-electron chi connectivity index (χ0n) is 20.1. The Bertz CT molecular complexity index is 1150. The van der Waals surface area contributed by atoms with Crippen LogP contribution in [-0.2, 0) is 16.1 Å². The predicted octanol–water partition coefficient (Wildman–Crippen LogP) is 3.71. The van der Waals surface area contributed by atoms with Gasteiger partial charge in [0.25, 0.3) is 5.91 Å². The topological polar surface area (TPSA) is 90.6 Å². The number of carbonyl (C=O) groups excluding carboxylic acids is 2. The first kappa shape index (κ1) is 24.5. The smallest absolute Gasteiger partial charge is 0.321 e. The summed E-state index contributed by atoms with van der Waals surface area (Å²) in [6, 6.07) is 9.29. The Hall–Kier alpha value is -3.64. The highest BCUT2D eigenvalue weighted by Gasteiger charge is 2.27. The Morgan fingerprint density at radius 1 is 1.17 bits per heavy atom. The summed E-state index contributed by atoms with van der Waals surface area (Å²) in [5, 5.41) is 12.4. The molecule has 3 amide bonds. The lowest BCUT2D eigenvalue weighted by molar-refractivity contribution is -0.127. The van der Waals surface area contributed by atoms with Crippen molar-refractivity contribution in [3.8, 4) is 6.07 Å². The Balaban J connectivity index is 1.37. The summed E-state index contributed by atoms with van der Waals surface area (Å²) in [5.74, 6) is -0.712. The van der Waals surface area contributed by atoms with Crippen LogP contribution in [0.1, 0.15) is 29.8 Å². The number of nitrogens with zero attached hydrogens (tertiary/aromatic N) is 4. The minimum Gasteiger partial charge on any atom is -0.376 e. The maximum absolute atomic E-state index is 13.1. The Labute approximate surface area is 204 Å². The third kappa shape index (κ3) is 5.72. The highest BCUT2D eigenvalue weighted by molar-refractivity contribution is 6.02. The van der Waals surface area contributed by atoms with Crippen molar-refractivity contribution in [2.75, 3.05) is 38.1 Å². The minimum atomic E-state index is -0.374. The van der Waals surface area contributed by atoms with Gasteiger partial charge in [0.15, 0.2) is 0 Å². The summed E-state index contributed by atoms with van der Waals surface area (Å²) in [6.07, 6.45) is 3.97. The average molecular weight is 480 g/mol. The van der Waals surface area contributed by atoms with E-state index in [-0.39, 0.29) is 29.4 Å². The lowest BCUT2D eigenvalue weighted by Gasteiger charge is -2.34. The molecule has 2 aliphatic rings. The number of piperazine rings is 1. The van der Waals surface area contributed by atoms with Crippen LogP contribution < -0.4 is 5.32 Å². The second-order valence-corrected chi connectivity index (χ2v) is 8.96. The van der Waals surface area contributed by atoms with E-state index in [0.29, 0.717) is 31.9 Å². The molecule has 0 bridgehead atoms. The minimum absolute atomic E-state index is 0.0755. The molecule has 9 heteroatoms. The number of nitrogens with one attached hydrogen (secondary N) is 1. The highest BCUT2D eigenvalue weighted by Crippen LogP contribution is 2.23. The summed E-state index contributed by atoms with van der Waals surface area (Å²) in [5.41, 5.74) is 3.49. The fourth-order valence-corrected chi connectivity index (χ4v) is 4.56. The number of anilines is 1. The van der Waals surface area contributed by atoms with Crippen molar-refractivity contribution in [1.82, 2.24) is 14.4 Å². The van der Waals surface area contributed by atoms with Gasteiger partial charge in [0.1, 0.15) is 17.5 Å². The molecule has 0 radical (unpaired) electrons. The van der Waals surface area contributed by atoms with E-state index in [4.69, 9.17) is 4.74 Å². The number of nitriles is 1. The van der Waals surface area contributed by atoms with Gasteiger partial charge in [-0.05, 0) is 68.7 Å². The molecule has 35 heavy (non-hydrogen) atoms. The number of amides is 3. The van der Waals surface area contributed by atoms with Crippen molar-refractivity contribution in [1.29, 1.82) is 5.26 Å². The number of aromatic nitrogens is 1. The number of ether oxygens (including phenoxy) is 1. The van der Waals surface area contributed by atoms with Crippen LogP contribution in [0.25, 0.3) is 6.08 Å². The first-order valence-corrected chi connectivity index (χ1v) is 11.9. The van der Waals surface area contributed by atoms with E-state index in [1.54, 1.807) is 15.9 Å². The molecule has 2 aliphatic heterocycles. The van der Waals surface area contributed by atoms with Crippen LogP contribution in [0.4, 0.5) is 14.9 Å². The molecule has 2 saturated heterocycles. The molecule has 2 fully saturated rings. The van der Waals surface area contributed by atoms with Gasteiger partial charge < -0.3 is 24.4 Å². The van der Waals surface area contributed by atoms with Crippen molar-refractivity contribution < 1.29 is 18.7 Å². The Morgan fingerprint density at radius 2 is 1.86 bits per heavy atom. The molecular formula is C26H30FN5O3. The molecule has 1 unspecified atom stereocenters. The van der Waals surface area contributed by atoms with Gasteiger partial charge in [-0.25, -0.2) is 9.18 Å². The summed E-state index contributed by atoms with van der Waals surface area (Å²) in [6.45, 7) is 6.91. The van der Waals surface area contributed by atoms with Crippen LogP contribution in [0.2, 0.25) is 0 Å². The number of rotatable bonds is 5. The standard InChI is InChI=1S/C26H30FN5O3/c1-18-14-20(19(2)32(18)17-24-4-3-13-35-24)15-21(16-28)25(33)30-9-11-31(12-10-30)26(34)29-23-7-5-22(27)6-8-23/h5-8,14-15,24H,3-4,9-13,17H2,1-2H3,(H,29,34)/b21-15-. The van der Waals surface area contributed by atoms with Crippen molar-refractivity contribution >= 4 is 23.7 Å². The van der Waals surface area contributed by atoms with Gasteiger partial charge in [0.2, 0.25) is 0 Å². The van der Waals surface area contributed by atoms with Gasteiger partial charge in [0.05, 0.1) is 6.10 Å². The summed E-state index contributed by atoms with van der Waals surface area (Å²) >= 11 is 0. The van der Waals surface area contributed by atoms with E-state index in [1.807, 2.05) is 19.9 Å². The van der Waals surface area contributed by atoms with Crippen molar-refractivity contribution in [3.63, 3.8) is 0 Å². The second-order valence-electron chi connectivity index (χ2n) is 8.96. The number of halogens is 1. The SMILES string of the molecule is Cc1cc(/C=C(/C#N)C(=O)N2CCN(C(=O)Nc3ccc(F)cc3)CC2)c(C)n1CC1CCCO1. The molecule has 8 nitrogen and oxygen atoms in total. The van der Waals surface area contributed by atoms with Crippen LogP contribution in [0, 0.1) is 31.0 Å². The van der Waals surface area contributed by atoms with Gasteiger partial charge in [0, 0.05) is 56.4 Å². The molecular weight excluding hydrogens is 449 g/mol. The number of hydrogen-bond acceptors (Lipinski definition) is 4. The van der Waals surface area contributed by atoms with Gasteiger partial charge in [-0.1, -0.05) is 0 Å². The molecule has 4 rings (SSSR count). The van der Waals surface area contributed by atoms with Gasteiger partial charge in [-0.15, -0.1) is 0 Å². The molecule has 2 aromatic rings. The van der Waals surface area contributed by atoms with Crippen LogP contribution in [0.15, 0.2) is 35.9 Å². The van der Waals surface area contributed by atoms with E-state index in [1.165, 1.54) is 24.3 Å². The molecule has 0 aliphatic carbocycles. The van der Waals surface area contributed by atoms with E-state index < -0.39 is 0 Å². The molecule has 1 aromatic heterocycles. The van der Waals surface area contributed by atoms with Gasteiger partial charge in [-0.3, -0.25) is 4.79 Å². The Kier molecular flexibility index (Phi) is 7.51. The highest BCUT2D eigenvalue weighted by atomic mass is 19.1.